The highest BCUT2D eigenvalue weighted by atomic mass is 16.5. The van der Waals surface area contributed by atoms with Gasteiger partial charge in [-0.15, -0.1) is 0 Å². The quantitative estimate of drug-likeness (QED) is 0.773. The van der Waals surface area contributed by atoms with Crippen molar-refractivity contribution >= 4 is 11.0 Å². The van der Waals surface area contributed by atoms with Crippen molar-refractivity contribution < 1.29 is 4.52 Å². The van der Waals surface area contributed by atoms with Gasteiger partial charge in [-0.3, -0.25) is 4.79 Å². The van der Waals surface area contributed by atoms with Gasteiger partial charge in [0.25, 0.3) is 11.4 Å². The van der Waals surface area contributed by atoms with Crippen LogP contribution in [0.3, 0.4) is 0 Å². The molecule has 3 rings (SSSR count). The SMILES string of the molecule is CCCc1noc(-c2nc3ccccc3[nH]c2=O)n1. The van der Waals surface area contributed by atoms with Crippen molar-refractivity contribution in [3.63, 3.8) is 0 Å². The first kappa shape index (κ1) is 11.6. The fourth-order valence-corrected chi connectivity index (χ4v) is 1.85. The zero-order chi connectivity index (χ0) is 13.2. The van der Waals surface area contributed by atoms with Crippen LogP contribution >= 0.6 is 0 Å². The van der Waals surface area contributed by atoms with E-state index >= 15 is 0 Å². The Kier molecular flexibility index (Phi) is 2.83. The molecule has 0 amide bonds. The Labute approximate surface area is 108 Å². The molecule has 0 radical (unpaired) electrons. The minimum Gasteiger partial charge on any atom is -0.332 e. The molecule has 0 aliphatic carbocycles. The van der Waals surface area contributed by atoms with Crippen LogP contribution in [0.15, 0.2) is 33.6 Å². The lowest BCUT2D eigenvalue weighted by Crippen LogP contribution is -2.11. The molecule has 0 spiro atoms. The van der Waals surface area contributed by atoms with Crippen LogP contribution in [-0.4, -0.2) is 20.1 Å². The molecule has 2 aromatic heterocycles. The minimum absolute atomic E-state index is 0.161. The maximum atomic E-state index is 12.0. The van der Waals surface area contributed by atoms with E-state index in [1.54, 1.807) is 6.07 Å². The van der Waals surface area contributed by atoms with E-state index in [9.17, 15) is 4.79 Å². The number of rotatable bonds is 3. The predicted octanol–water partition coefficient (Wildman–Crippen LogP) is 1.93. The van der Waals surface area contributed by atoms with Gasteiger partial charge in [-0.05, 0) is 18.6 Å². The first-order valence-corrected chi connectivity index (χ1v) is 6.10. The van der Waals surface area contributed by atoms with Crippen LogP contribution < -0.4 is 5.56 Å². The second-order valence-corrected chi connectivity index (χ2v) is 4.20. The van der Waals surface area contributed by atoms with Gasteiger partial charge < -0.3 is 9.51 Å². The largest absolute Gasteiger partial charge is 0.332 e. The number of H-pyrrole nitrogens is 1. The summed E-state index contributed by atoms with van der Waals surface area (Å²) >= 11 is 0. The average Bonchev–Trinajstić information content (AvgIpc) is 2.87. The van der Waals surface area contributed by atoms with Crippen molar-refractivity contribution in [3.05, 3.63) is 40.4 Å². The van der Waals surface area contributed by atoms with Gasteiger partial charge >= 0.3 is 0 Å². The maximum Gasteiger partial charge on any atom is 0.282 e. The highest BCUT2D eigenvalue weighted by Gasteiger charge is 2.14. The summed E-state index contributed by atoms with van der Waals surface area (Å²) in [4.78, 5) is 23.2. The Hall–Kier alpha value is -2.50. The smallest absolute Gasteiger partial charge is 0.282 e. The molecular weight excluding hydrogens is 244 g/mol. The van der Waals surface area contributed by atoms with E-state index in [1.165, 1.54) is 0 Å². The van der Waals surface area contributed by atoms with Crippen LogP contribution in [0.5, 0.6) is 0 Å². The highest BCUT2D eigenvalue weighted by molar-refractivity contribution is 5.75. The van der Waals surface area contributed by atoms with Gasteiger partial charge in [0.1, 0.15) is 0 Å². The first-order valence-electron chi connectivity index (χ1n) is 6.10. The number of nitrogens with zero attached hydrogens (tertiary/aromatic N) is 3. The van der Waals surface area contributed by atoms with Crippen molar-refractivity contribution in [1.82, 2.24) is 20.1 Å². The van der Waals surface area contributed by atoms with Crippen LogP contribution in [0.4, 0.5) is 0 Å². The minimum atomic E-state index is -0.328. The lowest BCUT2D eigenvalue weighted by Gasteiger charge is -1.97. The van der Waals surface area contributed by atoms with E-state index in [-0.39, 0.29) is 17.1 Å². The molecule has 0 saturated heterocycles. The van der Waals surface area contributed by atoms with Gasteiger partial charge in [-0.25, -0.2) is 4.98 Å². The van der Waals surface area contributed by atoms with Crippen LogP contribution in [0.25, 0.3) is 22.6 Å². The van der Waals surface area contributed by atoms with E-state index in [2.05, 4.69) is 20.1 Å². The Morgan fingerprint density at radius 3 is 2.95 bits per heavy atom. The molecule has 2 heterocycles. The van der Waals surface area contributed by atoms with Crippen LogP contribution in [0, 0.1) is 0 Å². The normalized spacial score (nSPS) is 11.0. The molecule has 0 aliphatic rings. The lowest BCUT2D eigenvalue weighted by atomic mass is 10.3. The Morgan fingerprint density at radius 2 is 2.11 bits per heavy atom. The summed E-state index contributed by atoms with van der Waals surface area (Å²) in [5.41, 5.74) is 1.20. The number of fused-ring (bicyclic) bond motifs is 1. The number of aryl methyl sites for hydroxylation is 1. The molecule has 6 heteroatoms. The van der Waals surface area contributed by atoms with Crippen LogP contribution in [0.2, 0.25) is 0 Å². The third-order valence-electron chi connectivity index (χ3n) is 2.74. The molecular formula is C13H12N4O2. The third-order valence-corrected chi connectivity index (χ3v) is 2.74. The second kappa shape index (κ2) is 4.64. The van der Waals surface area contributed by atoms with E-state index in [0.717, 1.165) is 12.8 Å². The van der Waals surface area contributed by atoms with Gasteiger partial charge in [0.2, 0.25) is 0 Å². The average molecular weight is 256 g/mol. The lowest BCUT2D eigenvalue weighted by molar-refractivity contribution is 0.420. The van der Waals surface area contributed by atoms with Crippen molar-refractivity contribution in [2.75, 3.05) is 0 Å². The molecule has 96 valence electrons. The summed E-state index contributed by atoms with van der Waals surface area (Å²) in [5, 5.41) is 3.82. The summed E-state index contributed by atoms with van der Waals surface area (Å²) in [5.74, 6) is 0.752. The van der Waals surface area contributed by atoms with Crippen molar-refractivity contribution in [1.29, 1.82) is 0 Å². The summed E-state index contributed by atoms with van der Waals surface area (Å²) < 4.78 is 5.09. The Balaban J connectivity index is 2.13. The molecule has 1 N–H and O–H groups in total. The first-order chi connectivity index (χ1) is 9.28. The number of aromatic nitrogens is 4. The number of para-hydroxylation sites is 2. The van der Waals surface area contributed by atoms with E-state index < -0.39 is 0 Å². The van der Waals surface area contributed by atoms with E-state index in [0.29, 0.717) is 16.9 Å². The predicted molar refractivity (Wildman–Crippen MR) is 69.7 cm³/mol. The topological polar surface area (TPSA) is 84.7 Å². The fourth-order valence-electron chi connectivity index (χ4n) is 1.85. The molecule has 3 aromatic rings. The number of hydrogen-bond acceptors (Lipinski definition) is 5. The monoisotopic (exact) mass is 256 g/mol. The number of benzene rings is 1. The van der Waals surface area contributed by atoms with Gasteiger partial charge in [0.05, 0.1) is 11.0 Å². The van der Waals surface area contributed by atoms with Gasteiger partial charge in [0.15, 0.2) is 11.5 Å². The molecule has 0 aliphatic heterocycles. The van der Waals surface area contributed by atoms with E-state index in [1.807, 2.05) is 25.1 Å². The molecule has 0 fully saturated rings. The van der Waals surface area contributed by atoms with Crippen molar-refractivity contribution in [2.24, 2.45) is 0 Å². The summed E-state index contributed by atoms with van der Waals surface area (Å²) in [6, 6.07) is 7.31. The molecule has 0 unspecified atom stereocenters. The standard InChI is InChI=1S/C13H12N4O2/c1-2-5-10-16-13(19-17-10)11-12(18)15-9-7-4-3-6-8(9)14-11/h3-4,6-7H,2,5H2,1H3,(H,15,18). The molecule has 0 atom stereocenters. The molecule has 6 nitrogen and oxygen atoms in total. The number of hydrogen-bond donors (Lipinski definition) is 1. The van der Waals surface area contributed by atoms with Crippen molar-refractivity contribution in [2.45, 2.75) is 19.8 Å². The second-order valence-electron chi connectivity index (χ2n) is 4.20. The summed E-state index contributed by atoms with van der Waals surface area (Å²) in [7, 11) is 0. The zero-order valence-electron chi connectivity index (χ0n) is 10.4. The number of aromatic amines is 1. The highest BCUT2D eigenvalue weighted by Crippen LogP contribution is 2.14. The zero-order valence-corrected chi connectivity index (χ0v) is 10.4. The maximum absolute atomic E-state index is 12.0. The molecule has 1 aromatic carbocycles. The molecule has 0 bridgehead atoms. The van der Waals surface area contributed by atoms with Gasteiger partial charge in [-0.1, -0.05) is 24.2 Å². The molecule has 19 heavy (non-hydrogen) atoms. The van der Waals surface area contributed by atoms with Crippen molar-refractivity contribution in [3.8, 4) is 11.6 Å². The number of nitrogens with one attached hydrogen (secondary N) is 1. The third kappa shape index (κ3) is 2.12. The van der Waals surface area contributed by atoms with Gasteiger partial charge in [-0.2, -0.15) is 4.98 Å². The van der Waals surface area contributed by atoms with Crippen LogP contribution in [0.1, 0.15) is 19.2 Å². The van der Waals surface area contributed by atoms with Gasteiger partial charge in [0, 0.05) is 6.42 Å². The molecule has 0 saturated carbocycles. The van der Waals surface area contributed by atoms with Crippen LogP contribution in [-0.2, 0) is 6.42 Å². The summed E-state index contributed by atoms with van der Waals surface area (Å²) in [6.45, 7) is 2.02. The Bertz CT molecular complexity index is 775. The Morgan fingerprint density at radius 1 is 1.26 bits per heavy atom. The fraction of sp³-hybridized carbons (Fsp3) is 0.231. The summed E-state index contributed by atoms with van der Waals surface area (Å²) in [6.07, 6.45) is 1.63. The van der Waals surface area contributed by atoms with E-state index in [4.69, 9.17) is 4.52 Å².